The van der Waals surface area contributed by atoms with Crippen molar-refractivity contribution in [2.24, 2.45) is 5.92 Å². The highest BCUT2D eigenvalue weighted by Crippen LogP contribution is 2.37. The summed E-state index contributed by atoms with van der Waals surface area (Å²) in [6.45, 7) is 1.59. The molecule has 0 aliphatic carbocycles. The van der Waals surface area contributed by atoms with Crippen molar-refractivity contribution >= 4 is 11.8 Å². The lowest BCUT2D eigenvalue weighted by Crippen LogP contribution is -2.48. The number of amides is 2. The van der Waals surface area contributed by atoms with E-state index in [-0.39, 0.29) is 29.6 Å². The van der Waals surface area contributed by atoms with Crippen LogP contribution in [0.1, 0.15) is 43.7 Å². The molecule has 2 atom stereocenters. The van der Waals surface area contributed by atoms with Crippen molar-refractivity contribution in [3.63, 3.8) is 0 Å². The van der Waals surface area contributed by atoms with Crippen LogP contribution in [0.2, 0.25) is 0 Å². The number of halogens is 1. The minimum Gasteiger partial charge on any atom is -0.342 e. The lowest BCUT2D eigenvalue weighted by molar-refractivity contribution is -0.147. The number of rotatable bonds is 2. The van der Waals surface area contributed by atoms with Gasteiger partial charge in [-0.25, -0.2) is 4.39 Å². The lowest BCUT2D eigenvalue weighted by atomic mass is 9.83. The van der Waals surface area contributed by atoms with Gasteiger partial charge in [0.1, 0.15) is 5.82 Å². The topological polar surface area (TPSA) is 40.6 Å². The molecule has 2 heterocycles. The highest BCUT2D eigenvalue weighted by Gasteiger charge is 2.40. The van der Waals surface area contributed by atoms with Crippen LogP contribution in [-0.2, 0) is 9.59 Å². The van der Waals surface area contributed by atoms with Crippen molar-refractivity contribution in [2.45, 2.75) is 38.1 Å². The van der Waals surface area contributed by atoms with E-state index in [0.717, 1.165) is 25.9 Å². The molecule has 2 aliphatic heterocycles. The van der Waals surface area contributed by atoms with Gasteiger partial charge in [0.05, 0.1) is 12.0 Å². The first-order chi connectivity index (χ1) is 11.1. The number of carbonyl (C=O) groups is 2. The van der Waals surface area contributed by atoms with Crippen molar-refractivity contribution in [3.05, 3.63) is 35.6 Å². The molecule has 2 saturated heterocycles. The molecule has 5 heteroatoms. The Hall–Kier alpha value is -1.91. The molecule has 2 aliphatic rings. The number of carbonyl (C=O) groups excluding carboxylic acids is 2. The second-order valence-electron chi connectivity index (χ2n) is 6.54. The Labute approximate surface area is 136 Å². The highest BCUT2D eigenvalue weighted by atomic mass is 19.1. The molecule has 0 saturated carbocycles. The molecule has 23 heavy (non-hydrogen) atoms. The van der Waals surface area contributed by atoms with Gasteiger partial charge in [0, 0.05) is 26.6 Å². The standard InChI is InChI=1S/C18H23FN2O2/c1-20-16(22)9-8-15(18(23)21-10-3-2-4-11-21)17(20)13-6-5-7-14(19)12-13/h5-7,12,15,17H,2-4,8-11H2,1H3. The first-order valence-electron chi connectivity index (χ1n) is 8.38. The van der Waals surface area contributed by atoms with Gasteiger partial charge in [0.2, 0.25) is 11.8 Å². The van der Waals surface area contributed by atoms with Gasteiger partial charge in [0.15, 0.2) is 0 Å². The largest absolute Gasteiger partial charge is 0.342 e. The number of piperidine rings is 2. The Morgan fingerprint density at radius 1 is 1.22 bits per heavy atom. The fourth-order valence-electron chi connectivity index (χ4n) is 3.79. The summed E-state index contributed by atoms with van der Waals surface area (Å²) in [5, 5.41) is 0. The van der Waals surface area contributed by atoms with E-state index in [4.69, 9.17) is 0 Å². The molecular weight excluding hydrogens is 295 g/mol. The molecule has 1 aromatic carbocycles. The van der Waals surface area contributed by atoms with Gasteiger partial charge in [-0.3, -0.25) is 9.59 Å². The summed E-state index contributed by atoms with van der Waals surface area (Å²) >= 11 is 0. The molecule has 2 amide bonds. The van der Waals surface area contributed by atoms with Gasteiger partial charge in [-0.2, -0.15) is 0 Å². The van der Waals surface area contributed by atoms with Crippen molar-refractivity contribution in [1.82, 2.24) is 9.80 Å². The maximum Gasteiger partial charge on any atom is 0.228 e. The Balaban J connectivity index is 1.89. The maximum atomic E-state index is 13.6. The molecule has 0 radical (unpaired) electrons. The fourth-order valence-corrected chi connectivity index (χ4v) is 3.79. The van der Waals surface area contributed by atoms with Crippen LogP contribution >= 0.6 is 0 Å². The minimum atomic E-state index is -0.374. The summed E-state index contributed by atoms with van der Waals surface area (Å²) in [6, 6.07) is 5.90. The van der Waals surface area contributed by atoms with Gasteiger partial charge >= 0.3 is 0 Å². The molecule has 124 valence electrons. The molecule has 0 bridgehead atoms. The monoisotopic (exact) mass is 318 g/mol. The summed E-state index contributed by atoms with van der Waals surface area (Å²) in [5.41, 5.74) is 0.705. The van der Waals surface area contributed by atoms with Crippen molar-refractivity contribution in [1.29, 1.82) is 0 Å². The molecule has 0 N–H and O–H groups in total. The lowest BCUT2D eigenvalue weighted by Gasteiger charge is -2.41. The predicted octanol–water partition coefficient (Wildman–Crippen LogP) is 2.75. The zero-order valence-electron chi connectivity index (χ0n) is 13.5. The van der Waals surface area contributed by atoms with Crippen molar-refractivity contribution in [3.8, 4) is 0 Å². The number of hydrogen-bond donors (Lipinski definition) is 0. The number of benzene rings is 1. The zero-order valence-corrected chi connectivity index (χ0v) is 13.5. The third-order valence-electron chi connectivity index (χ3n) is 5.04. The second-order valence-corrected chi connectivity index (χ2v) is 6.54. The average Bonchev–Trinajstić information content (AvgIpc) is 2.57. The van der Waals surface area contributed by atoms with Crippen LogP contribution < -0.4 is 0 Å². The van der Waals surface area contributed by atoms with Gasteiger partial charge < -0.3 is 9.80 Å². The van der Waals surface area contributed by atoms with E-state index in [1.165, 1.54) is 18.6 Å². The zero-order chi connectivity index (χ0) is 16.4. The molecule has 1 aromatic rings. The highest BCUT2D eigenvalue weighted by molar-refractivity contribution is 5.85. The van der Waals surface area contributed by atoms with Crippen LogP contribution in [0.4, 0.5) is 4.39 Å². The summed E-state index contributed by atoms with van der Waals surface area (Å²) in [7, 11) is 1.72. The third-order valence-corrected chi connectivity index (χ3v) is 5.04. The molecule has 2 fully saturated rings. The molecular formula is C18H23FN2O2. The molecule has 4 nitrogen and oxygen atoms in total. The number of likely N-dealkylation sites (tertiary alicyclic amines) is 2. The van der Waals surface area contributed by atoms with E-state index in [2.05, 4.69) is 0 Å². The maximum absolute atomic E-state index is 13.6. The second kappa shape index (κ2) is 6.69. The molecule has 0 aromatic heterocycles. The van der Waals surface area contributed by atoms with Gasteiger partial charge in [0.25, 0.3) is 0 Å². The Morgan fingerprint density at radius 3 is 2.65 bits per heavy atom. The minimum absolute atomic E-state index is 0.0157. The van der Waals surface area contributed by atoms with Gasteiger partial charge in [-0.15, -0.1) is 0 Å². The van der Waals surface area contributed by atoms with Crippen LogP contribution in [0.3, 0.4) is 0 Å². The van der Waals surface area contributed by atoms with Crippen LogP contribution in [-0.4, -0.2) is 41.8 Å². The van der Waals surface area contributed by atoms with Crippen LogP contribution in [0.5, 0.6) is 0 Å². The van der Waals surface area contributed by atoms with Crippen LogP contribution in [0.15, 0.2) is 24.3 Å². The predicted molar refractivity (Wildman–Crippen MR) is 85.1 cm³/mol. The van der Waals surface area contributed by atoms with E-state index >= 15 is 0 Å². The summed E-state index contributed by atoms with van der Waals surface area (Å²) in [4.78, 5) is 28.6. The van der Waals surface area contributed by atoms with E-state index in [1.54, 1.807) is 24.1 Å². The fraction of sp³-hybridized carbons (Fsp3) is 0.556. The normalized spacial score (nSPS) is 25.6. The Kier molecular flexibility index (Phi) is 4.64. The van der Waals surface area contributed by atoms with E-state index in [9.17, 15) is 14.0 Å². The SMILES string of the molecule is CN1C(=O)CCC(C(=O)N2CCCCC2)C1c1cccc(F)c1. The van der Waals surface area contributed by atoms with Gasteiger partial charge in [-0.1, -0.05) is 12.1 Å². The molecule has 0 spiro atoms. The van der Waals surface area contributed by atoms with Gasteiger partial charge in [-0.05, 0) is 43.4 Å². The first-order valence-corrected chi connectivity index (χ1v) is 8.38. The molecule has 3 rings (SSSR count). The Bertz CT molecular complexity index is 598. The average molecular weight is 318 g/mol. The Morgan fingerprint density at radius 2 is 1.96 bits per heavy atom. The number of nitrogens with zero attached hydrogens (tertiary/aromatic N) is 2. The molecule has 2 unspecified atom stereocenters. The summed E-state index contributed by atoms with van der Waals surface area (Å²) in [6.07, 6.45) is 4.17. The third kappa shape index (κ3) is 3.23. The van der Waals surface area contributed by atoms with Crippen LogP contribution in [0.25, 0.3) is 0 Å². The van der Waals surface area contributed by atoms with Crippen LogP contribution in [0, 0.1) is 11.7 Å². The van der Waals surface area contributed by atoms with E-state index in [1.807, 2.05) is 4.90 Å². The summed E-state index contributed by atoms with van der Waals surface area (Å²) < 4.78 is 13.6. The van der Waals surface area contributed by atoms with Crippen molar-refractivity contribution < 1.29 is 14.0 Å². The van der Waals surface area contributed by atoms with E-state index in [0.29, 0.717) is 18.4 Å². The first kappa shape index (κ1) is 16.0. The quantitative estimate of drug-likeness (QED) is 0.841. The van der Waals surface area contributed by atoms with Crippen molar-refractivity contribution in [2.75, 3.05) is 20.1 Å². The van der Waals surface area contributed by atoms with E-state index < -0.39 is 0 Å². The summed E-state index contributed by atoms with van der Waals surface area (Å²) in [5.74, 6) is -0.490. The smallest absolute Gasteiger partial charge is 0.228 e. The number of hydrogen-bond acceptors (Lipinski definition) is 2.